The van der Waals surface area contributed by atoms with Crippen molar-refractivity contribution in [3.05, 3.63) is 5.82 Å². The highest BCUT2D eigenvalue weighted by Gasteiger charge is 2.41. The van der Waals surface area contributed by atoms with Gasteiger partial charge < -0.3 is 14.4 Å². The number of hydrogen-bond donors (Lipinski definition) is 0. The quantitative estimate of drug-likeness (QED) is 0.851. The van der Waals surface area contributed by atoms with E-state index in [9.17, 15) is 0 Å². The largest absolute Gasteiger partial charge is 0.348 e. The maximum atomic E-state index is 5.77. The minimum absolute atomic E-state index is 0.271. The summed E-state index contributed by atoms with van der Waals surface area (Å²) in [6.45, 7) is 3.58. The highest BCUT2D eigenvalue weighted by atomic mass is 32.1. The van der Waals surface area contributed by atoms with E-state index in [2.05, 4.69) is 28.2 Å². The zero-order valence-corrected chi connectivity index (χ0v) is 12.4. The van der Waals surface area contributed by atoms with Crippen LogP contribution in [0.1, 0.15) is 38.4 Å². The van der Waals surface area contributed by atoms with Gasteiger partial charge in [0.2, 0.25) is 5.13 Å². The fourth-order valence-corrected chi connectivity index (χ4v) is 3.68. The van der Waals surface area contributed by atoms with Crippen molar-refractivity contribution < 1.29 is 9.47 Å². The lowest BCUT2D eigenvalue weighted by Gasteiger charge is -2.38. The number of nitrogens with zero attached hydrogens (tertiary/aromatic N) is 3. The van der Waals surface area contributed by atoms with E-state index < -0.39 is 0 Å². The standard InChI is InChI=1S/C13H21N3O2S/c1-3-11-14-12(19-15-11)16(2)10-4-6-13(7-5-10)17-8-9-18-13/h10H,3-9H2,1-2H3. The molecule has 2 heterocycles. The van der Waals surface area contributed by atoms with Gasteiger partial charge in [-0.05, 0) is 12.8 Å². The molecule has 1 aliphatic carbocycles. The first kappa shape index (κ1) is 13.3. The molecule has 1 spiro atoms. The minimum atomic E-state index is -0.271. The van der Waals surface area contributed by atoms with Crippen LogP contribution in [0, 0.1) is 0 Å². The predicted octanol–water partition coefficient (Wildman–Crippen LogP) is 2.22. The van der Waals surface area contributed by atoms with Crippen LogP contribution in [0.15, 0.2) is 0 Å². The lowest BCUT2D eigenvalue weighted by Crippen LogP contribution is -2.42. The van der Waals surface area contributed by atoms with E-state index in [1.54, 1.807) is 0 Å². The fraction of sp³-hybridized carbons (Fsp3) is 0.846. The molecule has 0 atom stereocenters. The van der Waals surface area contributed by atoms with E-state index in [-0.39, 0.29) is 5.79 Å². The van der Waals surface area contributed by atoms with Gasteiger partial charge in [-0.1, -0.05) is 6.92 Å². The molecule has 0 radical (unpaired) electrons. The highest BCUT2D eigenvalue weighted by Crippen LogP contribution is 2.38. The second-order valence-electron chi connectivity index (χ2n) is 5.30. The topological polar surface area (TPSA) is 47.5 Å². The Hall–Kier alpha value is -0.720. The summed E-state index contributed by atoms with van der Waals surface area (Å²) in [4.78, 5) is 6.84. The molecule has 1 saturated heterocycles. The van der Waals surface area contributed by atoms with Crippen molar-refractivity contribution in [2.75, 3.05) is 25.2 Å². The normalized spacial score (nSPS) is 23.1. The third-order valence-corrected chi connectivity index (χ3v) is 5.00. The van der Waals surface area contributed by atoms with Crippen molar-refractivity contribution in [2.24, 2.45) is 0 Å². The molecule has 0 N–H and O–H groups in total. The smallest absolute Gasteiger partial charge is 0.205 e. The number of anilines is 1. The number of aryl methyl sites for hydroxylation is 1. The summed E-state index contributed by atoms with van der Waals surface area (Å²) < 4.78 is 15.9. The summed E-state index contributed by atoms with van der Waals surface area (Å²) in [6.07, 6.45) is 5.07. The molecular weight excluding hydrogens is 262 g/mol. The second kappa shape index (κ2) is 5.34. The van der Waals surface area contributed by atoms with Crippen LogP contribution in [0.3, 0.4) is 0 Å². The first-order chi connectivity index (χ1) is 9.22. The van der Waals surface area contributed by atoms with Crippen LogP contribution in [0.4, 0.5) is 5.13 Å². The SMILES string of the molecule is CCc1nsc(N(C)C2CCC3(CC2)OCCO3)n1. The molecule has 2 fully saturated rings. The van der Waals surface area contributed by atoms with Gasteiger partial charge in [-0.3, -0.25) is 0 Å². The number of rotatable bonds is 3. The molecular formula is C13H21N3O2S. The molecule has 0 unspecified atom stereocenters. The number of aromatic nitrogens is 2. The van der Waals surface area contributed by atoms with Gasteiger partial charge in [-0.2, -0.15) is 4.37 Å². The Morgan fingerprint density at radius 3 is 2.58 bits per heavy atom. The van der Waals surface area contributed by atoms with Crippen molar-refractivity contribution in [3.8, 4) is 0 Å². The van der Waals surface area contributed by atoms with Crippen LogP contribution in [0.5, 0.6) is 0 Å². The maximum absolute atomic E-state index is 5.77. The Bertz CT molecular complexity index is 421. The van der Waals surface area contributed by atoms with E-state index in [1.165, 1.54) is 11.5 Å². The van der Waals surface area contributed by atoms with Gasteiger partial charge in [0.05, 0.1) is 13.2 Å². The summed E-state index contributed by atoms with van der Waals surface area (Å²) in [6, 6.07) is 0.524. The molecule has 6 heteroatoms. The van der Waals surface area contributed by atoms with Crippen LogP contribution in [-0.4, -0.2) is 41.4 Å². The first-order valence-corrected chi connectivity index (χ1v) is 7.83. The molecule has 0 bridgehead atoms. The van der Waals surface area contributed by atoms with Crippen LogP contribution < -0.4 is 4.90 Å². The first-order valence-electron chi connectivity index (χ1n) is 7.06. The molecule has 2 aliphatic rings. The summed E-state index contributed by atoms with van der Waals surface area (Å²) in [5.41, 5.74) is 0. The predicted molar refractivity (Wildman–Crippen MR) is 74.6 cm³/mol. The van der Waals surface area contributed by atoms with E-state index in [0.29, 0.717) is 6.04 Å². The second-order valence-corrected chi connectivity index (χ2v) is 6.03. The van der Waals surface area contributed by atoms with Crippen LogP contribution in [-0.2, 0) is 15.9 Å². The van der Waals surface area contributed by atoms with E-state index in [1.807, 2.05) is 0 Å². The number of hydrogen-bond acceptors (Lipinski definition) is 6. The summed E-state index contributed by atoms with van der Waals surface area (Å²) in [5.74, 6) is 0.675. The van der Waals surface area contributed by atoms with Gasteiger partial charge in [0.15, 0.2) is 5.79 Å². The average molecular weight is 283 g/mol. The van der Waals surface area contributed by atoms with E-state index in [4.69, 9.17) is 9.47 Å². The van der Waals surface area contributed by atoms with Crippen molar-refractivity contribution in [2.45, 2.75) is 50.9 Å². The van der Waals surface area contributed by atoms with Crippen molar-refractivity contribution >= 4 is 16.7 Å². The average Bonchev–Trinajstić information content (AvgIpc) is 3.08. The zero-order valence-electron chi connectivity index (χ0n) is 11.6. The van der Waals surface area contributed by atoms with Crippen LogP contribution >= 0.6 is 11.5 Å². The molecule has 19 heavy (non-hydrogen) atoms. The van der Waals surface area contributed by atoms with Crippen LogP contribution in [0.25, 0.3) is 0 Å². The fourth-order valence-electron chi connectivity index (χ4n) is 2.90. The van der Waals surface area contributed by atoms with Gasteiger partial charge in [-0.25, -0.2) is 4.98 Å². The molecule has 0 amide bonds. The molecule has 3 rings (SSSR count). The molecule has 106 valence electrons. The minimum Gasteiger partial charge on any atom is -0.348 e. The van der Waals surface area contributed by atoms with Gasteiger partial charge >= 0.3 is 0 Å². The van der Waals surface area contributed by atoms with E-state index >= 15 is 0 Å². The van der Waals surface area contributed by atoms with Crippen LogP contribution in [0.2, 0.25) is 0 Å². The molecule has 1 aliphatic heterocycles. The number of ether oxygens (including phenoxy) is 2. The molecule has 1 aromatic heterocycles. The van der Waals surface area contributed by atoms with Crippen molar-refractivity contribution in [3.63, 3.8) is 0 Å². The molecule has 0 aromatic carbocycles. The molecule has 1 aromatic rings. The summed E-state index contributed by atoms with van der Waals surface area (Å²) >= 11 is 1.50. The van der Waals surface area contributed by atoms with E-state index in [0.717, 1.165) is 56.3 Å². The maximum Gasteiger partial charge on any atom is 0.205 e. The van der Waals surface area contributed by atoms with Gasteiger partial charge in [-0.15, -0.1) is 0 Å². The monoisotopic (exact) mass is 283 g/mol. The third kappa shape index (κ3) is 2.61. The van der Waals surface area contributed by atoms with Crippen molar-refractivity contribution in [1.29, 1.82) is 0 Å². The summed E-state index contributed by atoms with van der Waals surface area (Å²) in [5, 5.41) is 1.03. The van der Waals surface area contributed by atoms with Gasteiger partial charge in [0.25, 0.3) is 0 Å². The Morgan fingerprint density at radius 1 is 1.32 bits per heavy atom. The lowest BCUT2D eigenvalue weighted by atomic mass is 9.89. The Kier molecular flexibility index (Phi) is 3.73. The third-order valence-electron chi connectivity index (χ3n) is 4.15. The van der Waals surface area contributed by atoms with Gasteiger partial charge in [0.1, 0.15) is 5.82 Å². The molecule has 5 nitrogen and oxygen atoms in total. The zero-order chi connectivity index (χ0) is 13.3. The lowest BCUT2D eigenvalue weighted by molar-refractivity contribution is -0.178. The Labute approximate surface area is 118 Å². The van der Waals surface area contributed by atoms with Gasteiger partial charge in [0, 0.05) is 43.9 Å². The Balaban J connectivity index is 1.61. The molecule has 1 saturated carbocycles. The Morgan fingerprint density at radius 2 is 2.00 bits per heavy atom. The summed E-state index contributed by atoms with van der Waals surface area (Å²) in [7, 11) is 2.12. The van der Waals surface area contributed by atoms with Crippen molar-refractivity contribution in [1.82, 2.24) is 9.36 Å². The highest BCUT2D eigenvalue weighted by molar-refractivity contribution is 7.09.